The van der Waals surface area contributed by atoms with Crippen LogP contribution >= 0.6 is 0 Å². The van der Waals surface area contributed by atoms with Crippen molar-refractivity contribution in [3.8, 4) is 0 Å². The molecule has 0 radical (unpaired) electrons. The van der Waals surface area contributed by atoms with E-state index in [0.29, 0.717) is 0 Å². The number of carbonyl (C=O) groups excluding carboxylic acids is 1. The Morgan fingerprint density at radius 3 is 2.43 bits per heavy atom. The van der Waals surface area contributed by atoms with E-state index in [1.54, 1.807) is 0 Å². The van der Waals surface area contributed by atoms with E-state index in [2.05, 4.69) is 14.8 Å². The van der Waals surface area contributed by atoms with Gasteiger partial charge in [0, 0.05) is 0 Å². The summed E-state index contributed by atoms with van der Waals surface area (Å²) in [6.45, 7) is -0.763. The molecule has 1 saturated heterocycles. The Morgan fingerprint density at radius 2 is 2.00 bits per heavy atom. The Hall–Kier alpha value is -0.770. The molecule has 0 aromatic heterocycles. The second-order valence-electron chi connectivity index (χ2n) is 2.72. The average molecular weight is 210 g/mol. The average Bonchev–Trinajstić information content (AvgIpc) is 2.61. The second kappa shape index (κ2) is 4.64. The maximum Gasteiger partial charge on any atom is 0.380 e. The first kappa shape index (κ1) is 11.3. The summed E-state index contributed by atoms with van der Waals surface area (Å²) in [5.74, 6) is -1.03. The van der Waals surface area contributed by atoms with Crippen molar-refractivity contribution in [2.75, 3.05) is 6.61 Å². The van der Waals surface area contributed by atoms with Crippen LogP contribution in [0.5, 0.6) is 0 Å². The normalized spacial score (nSPS) is 28.3. The second-order valence-corrected chi connectivity index (χ2v) is 2.72. The van der Waals surface area contributed by atoms with E-state index < -0.39 is 37.0 Å². The number of aliphatic hydroxyl groups is 4. The Kier molecular flexibility index (Phi) is 3.75. The van der Waals surface area contributed by atoms with Gasteiger partial charge in [-0.05, 0) is 5.04 Å². The first-order chi connectivity index (χ1) is 6.57. The van der Waals surface area contributed by atoms with Gasteiger partial charge in [0.25, 0.3) is 0 Å². The molecule has 14 heavy (non-hydrogen) atoms. The smallest absolute Gasteiger partial charge is 0.380 e. The van der Waals surface area contributed by atoms with Crippen molar-refractivity contribution >= 4 is 5.97 Å². The topological polar surface area (TPSA) is 126 Å². The van der Waals surface area contributed by atoms with Crippen LogP contribution in [0, 0.1) is 0 Å². The van der Waals surface area contributed by atoms with Crippen LogP contribution in [-0.4, -0.2) is 57.4 Å². The highest BCUT2D eigenvalue weighted by Crippen LogP contribution is 2.15. The fourth-order valence-corrected chi connectivity index (χ4v) is 0.893. The van der Waals surface area contributed by atoms with Crippen LogP contribution in [0.15, 0.2) is 0 Å². The van der Waals surface area contributed by atoms with Crippen molar-refractivity contribution in [2.24, 2.45) is 0 Å². The molecule has 1 fully saturated rings. The molecule has 4 N–H and O–H groups in total. The summed E-state index contributed by atoms with van der Waals surface area (Å²) in [6.07, 6.45) is -6.60. The fraction of sp³-hybridized carbons (Fsp3) is 0.833. The molecule has 0 amide bonds. The molecule has 8 heteroatoms. The molecule has 0 bridgehead atoms. The van der Waals surface area contributed by atoms with E-state index in [4.69, 9.17) is 15.3 Å². The Bertz CT molecular complexity index is 206. The largest absolute Gasteiger partial charge is 0.394 e. The molecular weight excluding hydrogens is 200 g/mol. The lowest BCUT2D eigenvalue weighted by molar-refractivity contribution is -0.455. The van der Waals surface area contributed by atoms with Gasteiger partial charge in [-0.3, -0.25) is 4.89 Å². The van der Waals surface area contributed by atoms with Crippen LogP contribution < -0.4 is 0 Å². The summed E-state index contributed by atoms with van der Waals surface area (Å²) in [5.41, 5.74) is 0. The fourth-order valence-electron chi connectivity index (χ4n) is 0.893. The highest BCUT2D eigenvalue weighted by molar-refractivity contribution is 5.75. The highest BCUT2D eigenvalue weighted by atomic mass is 17.5. The van der Waals surface area contributed by atoms with Crippen molar-refractivity contribution in [1.82, 2.24) is 0 Å². The molecule has 0 aromatic carbocycles. The summed E-state index contributed by atoms with van der Waals surface area (Å²) in [5, 5.41) is 39.6. The summed E-state index contributed by atoms with van der Waals surface area (Å²) in [7, 11) is 0. The lowest BCUT2D eigenvalue weighted by Gasteiger charge is -2.21. The van der Waals surface area contributed by atoms with Gasteiger partial charge in [-0.25, -0.2) is 4.79 Å². The van der Waals surface area contributed by atoms with E-state index >= 15 is 0 Å². The first-order valence-electron chi connectivity index (χ1n) is 3.77. The van der Waals surface area contributed by atoms with Crippen LogP contribution in [0.4, 0.5) is 0 Å². The molecule has 8 nitrogen and oxygen atoms in total. The number of aliphatic hydroxyl groups excluding tert-OH is 4. The number of hydrogen-bond donors (Lipinski definition) is 4. The van der Waals surface area contributed by atoms with E-state index in [1.807, 2.05) is 0 Å². The zero-order chi connectivity index (χ0) is 10.7. The van der Waals surface area contributed by atoms with Crippen molar-refractivity contribution in [2.45, 2.75) is 24.4 Å². The maximum absolute atomic E-state index is 10.7. The van der Waals surface area contributed by atoms with E-state index in [9.17, 15) is 9.90 Å². The van der Waals surface area contributed by atoms with Crippen molar-refractivity contribution in [1.29, 1.82) is 0 Å². The predicted molar refractivity (Wildman–Crippen MR) is 37.2 cm³/mol. The van der Waals surface area contributed by atoms with Crippen molar-refractivity contribution in [3.05, 3.63) is 0 Å². The minimum Gasteiger partial charge on any atom is -0.394 e. The zero-order valence-electron chi connectivity index (χ0n) is 6.94. The third kappa shape index (κ3) is 2.18. The standard InChI is InChI=1S/C6H10O8/c7-1-2(8)3(9)4(10)5-6(11)13-14-12-5/h2-5,7-10H,1H2/t2-,3+,4-,5-/m0/s1. The molecular formula is C6H10O8. The van der Waals surface area contributed by atoms with E-state index in [0.717, 1.165) is 0 Å². The van der Waals surface area contributed by atoms with E-state index in [-0.39, 0.29) is 0 Å². The lowest BCUT2D eigenvalue weighted by atomic mass is 10.0. The summed E-state index contributed by atoms with van der Waals surface area (Å²) >= 11 is 0. The third-order valence-corrected chi connectivity index (χ3v) is 1.73. The molecule has 1 aliphatic heterocycles. The Balaban J connectivity index is 2.55. The van der Waals surface area contributed by atoms with Crippen LogP contribution in [0.25, 0.3) is 0 Å². The van der Waals surface area contributed by atoms with Gasteiger partial charge in [-0.2, -0.15) is 4.89 Å². The van der Waals surface area contributed by atoms with Gasteiger partial charge in [-0.15, -0.1) is 0 Å². The molecule has 0 unspecified atom stereocenters. The highest BCUT2D eigenvalue weighted by Gasteiger charge is 2.42. The molecule has 1 rings (SSSR count). The van der Waals surface area contributed by atoms with Crippen LogP contribution in [-0.2, 0) is 19.6 Å². The van der Waals surface area contributed by atoms with Gasteiger partial charge < -0.3 is 20.4 Å². The molecule has 0 aromatic rings. The first-order valence-corrected chi connectivity index (χ1v) is 3.77. The minimum atomic E-state index is -1.74. The van der Waals surface area contributed by atoms with Crippen LogP contribution in [0.3, 0.4) is 0 Å². The van der Waals surface area contributed by atoms with Crippen LogP contribution in [0.1, 0.15) is 0 Å². The summed E-state index contributed by atoms with van der Waals surface area (Å²) < 4.78 is 0. The molecule has 82 valence electrons. The molecule has 1 aliphatic rings. The summed E-state index contributed by atoms with van der Waals surface area (Å²) in [6, 6.07) is 0. The lowest BCUT2D eigenvalue weighted by Crippen LogP contribution is -2.47. The monoisotopic (exact) mass is 210 g/mol. The van der Waals surface area contributed by atoms with Gasteiger partial charge in [0.1, 0.15) is 18.3 Å². The molecule has 0 saturated carbocycles. The Morgan fingerprint density at radius 1 is 1.36 bits per heavy atom. The Labute approximate surface area is 78.1 Å². The minimum absolute atomic E-state index is 0.763. The van der Waals surface area contributed by atoms with Gasteiger partial charge in [0.2, 0.25) is 6.10 Å². The van der Waals surface area contributed by atoms with E-state index in [1.165, 1.54) is 0 Å². The molecule has 4 atom stereocenters. The molecule has 0 spiro atoms. The summed E-state index contributed by atoms with van der Waals surface area (Å²) in [4.78, 5) is 18.8. The van der Waals surface area contributed by atoms with Gasteiger partial charge in [-0.1, -0.05) is 0 Å². The molecule has 1 heterocycles. The van der Waals surface area contributed by atoms with Gasteiger partial charge >= 0.3 is 5.97 Å². The van der Waals surface area contributed by atoms with Gasteiger partial charge in [0.05, 0.1) is 6.61 Å². The SMILES string of the molecule is O=C1OOO[C@H]1[C@@H](O)[C@H](O)[C@@H](O)CO. The third-order valence-electron chi connectivity index (χ3n) is 1.73. The van der Waals surface area contributed by atoms with Crippen molar-refractivity contribution in [3.63, 3.8) is 0 Å². The van der Waals surface area contributed by atoms with Crippen molar-refractivity contribution < 1.29 is 40.0 Å². The number of carbonyl (C=O) groups is 1. The number of rotatable bonds is 4. The predicted octanol–water partition coefficient (Wildman–Crippen LogP) is -3.15. The van der Waals surface area contributed by atoms with Crippen LogP contribution in [0.2, 0.25) is 0 Å². The number of hydrogen-bond acceptors (Lipinski definition) is 8. The zero-order valence-corrected chi connectivity index (χ0v) is 6.94. The van der Waals surface area contributed by atoms with Gasteiger partial charge in [0.15, 0.2) is 0 Å². The quantitative estimate of drug-likeness (QED) is 0.358. The molecule has 0 aliphatic carbocycles. The maximum atomic E-state index is 10.7.